The van der Waals surface area contributed by atoms with E-state index in [1.165, 1.54) is 31.2 Å². The van der Waals surface area contributed by atoms with Crippen molar-refractivity contribution < 1.29 is 4.74 Å². The van der Waals surface area contributed by atoms with E-state index in [0.29, 0.717) is 6.04 Å². The van der Waals surface area contributed by atoms with Gasteiger partial charge in [-0.25, -0.2) is 0 Å². The topological polar surface area (TPSA) is 34.1 Å². The first-order valence-electron chi connectivity index (χ1n) is 7.07. The summed E-state index contributed by atoms with van der Waals surface area (Å²) < 4.78 is 6.25. The second-order valence-corrected chi connectivity index (χ2v) is 5.79. The Labute approximate surface area is 109 Å². The van der Waals surface area contributed by atoms with E-state index in [9.17, 15) is 0 Å². The van der Waals surface area contributed by atoms with Gasteiger partial charge in [0.1, 0.15) is 0 Å². The molecule has 2 heterocycles. The van der Waals surface area contributed by atoms with Crippen LogP contribution in [0.4, 0.5) is 0 Å². The fourth-order valence-electron chi connectivity index (χ4n) is 3.63. The summed E-state index contributed by atoms with van der Waals surface area (Å²) >= 11 is 0. The summed E-state index contributed by atoms with van der Waals surface area (Å²) in [7, 11) is 0. The zero-order valence-electron chi connectivity index (χ0n) is 11.1. The van der Waals surface area contributed by atoms with Crippen LogP contribution < -0.4 is 5.32 Å². The van der Waals surface area contributed by atoms with Gasteiger partial charge in [-0.05, 0) is 30.4 Å². The third kappa shape index (κ3) is 2.17. The van der Waals surface area contributed by atoms with Crippen LogP contribution in [0.15, 0.2) is 24.5 Å². The number of rotatable bonds is 1. The van der Waals surface area contributed by atoms with Crippen molar-refractivity contribution >= 4 is 0 Å². The van der Waals surface area contributed by atoms with Crippen LogP contribution in [0.2, 0.25) is 0 Å². The zero-order chi connectivity index (χ0) is 12.4. The van der Waals surface area contributed by atoms with Gasteiger partial charge in [-0.1, -0.05) is 25.8 Å². The largest absolute Gasteiger partial charge is 0.372 e. The minimum absolute atomic E-state index is 0.00104. The molecule has 0 radical (unpaired) electrons. The smallest absolute Gasteiger partial charge is 0.0880 e. The maximum absolute atomic E-state index is 6.25. The van der Waals surface area contributed by atoms with E-state index in [-0.39, 0.29) is 5.60 Å². The van der Waals surface area contributed by atoms with Gasteiger partial charge in [0.15, 0.2) is 0 Å². The Bertz CT molecular complexity index is 391. The second-order valence-electron chi connectivity index (χ2n) is 5.79. The van der Waals surface area contributed by atoms with E-state index in [1.807, 2.05) is 18.5 Å². The first-order chi connectivity index (χ1) is 8.80. The Balaban J connectivity index is 1.90. The molecule has 1 aromatic heterocycles. The van der Waals surface area contributed by atoms with E-state index in [1.54, 1.807) is 0 Å². The van der Waals surface area contributed by atoms with Crippen LogP contribution in [0.5, 0.6) is 0 Å². The molecule has 3 rings (SSSR count). The number of nitrogens with one attached hydrogen (secondary N) is 1. The Hall–Kier alpha value is -0.930. The van der Waals surface area contributed by atoms with Crippen molar-refractivity contribution in [3.63, 3.8) is 0 Å². The summed E-state index contributed by atoms with van der Waals surface area (Å²) in [5.41, 5.74) is 1.27. The normalized spacial score (nSPS) is 36.7. The summed E-state index contributed by atoms with van der Waals surface area (Å²) in [6.45, 7) is 4.12. The number of hydrogen-bond donors (Lipinski definition) is 1. The number of nitrogens with zero attached hydrogens (tertiary/aromatic N) is 1. The van der Waals surface area contributed by atoms with Gasteiger partial charge in [-0.3, -0.25) is 4.98 Å². The van der Waals surface area contributed by atoms with Crippen molar-refractivity contribution in [2.75, 3.05) is 13.2 Å². The highest BCUT2D eigenvalue weighted by Crippen LogP contribution is 2.44. The average Bonchev–Trinajstić information content (AvgIpc) is 2.40. The quantitative estimate of drug-likeness (QED) is 0.827. The molecule has 18 heavy (non-hydrogen) atoms. The third-order valence-electron chi connectivity index (χ3n) is 4.37. The van der Waals surface area contributed by atoms with Gasteiger partial charge in [0.25, 0.3) is 0 Å². The van der Waals surface area contributed by atoms with E-state index in [4.69, 9.17) is 4.74 Å². The molecule has 1 saturated heterocycles. The second kappa shape index (κ2) is 4.98. The molecule has 1 N–H and O–H groups in total. The molecule has 2 aliphatic rings. The Morgan fingerprint density at radius 1 is 1.50 bits per heavy atom. The van der Waals surface area contributed by atoms with Crippen LogP contribution in [0, 0.1) is 5.92 Å². The third-order valence-corrected chi connectivity index (χ3v) is 4.37. The molecule has 0 aromatic carbocycles. The number of pyridine rings is 1. The molecular formula is C15H22N2O. The molecule has 3 unspecified atom stereocenters. The lowest BCUT2D eigenvalue weighted by molar-refractivity contribution is -0.128. The number of hydrogen-bond acceptors (Lipinski definition) is 3. The Kier molecular flexibility index (Phi) is 3.35. The van der Waals surface area contributed by atoms with Crippen LogP contribution in [-0.2, 0) is 4.74 Å². The molecule has 2 fully saturated rings. The highest BCUT2D eigenvalue weighted by molar-refractivity contribution is 5.20. The molecule has 98 valence electrons. The minimum atomic E-state index is -0.00104. The maximum Gasteiger partial charge on any atom is 0.0880 e. The lowest BCUT2D eigenvalue weighted by Crippen LogP contribution is -2.54. The number of morpholine rings is 1. The molecule has 1 saturated carbocycles. The van der Waals surface area contributed by atoms with E-state index >= 15 is 0 Å². The zero-order valence-corrected chi connectivity index (χ0v) is 11.1. The number of ether oxygens (including phenoxy) is 1. The molecule has 3 atom stereocenters. The van der Waals surface area contributed by atoms with Crippen LogP contribution in [0.25, 0.3) is 0 Å². The predicted octanol–water partition coefficient (Wildman–Crippen LogP) is 2.69. The van der Waals surface area contributed by atoms with Gasteiger partial charge in [0.2, 0.25) is 0 Å². The van der Waals surface area contributed by atoms with Crippen molar-refractivity contribution in [2.24, 2.45) is 5.92 Å². The SMILES string of the molecule is CC1CCCC2(C1)OCCNC2c1cccnc1. The first-order valence-corrected chi connectivity index (χ1v) is 7.07. The summed E-state index contributed by atoms with van der Waals surface area (Å²) in [5.74, 6) is 0.762. The van der Waals surface area contributed by atoms with Gasteiger partial charge >= 0.3 is 0 Å². The molecule has 1 aromatic rings. The summed E-state index contributed by atoms with van der Waals surface area (Å²) in [6.07, 6.45) is 8.77. The molecule has 0 bridgehead atoms. The van der Waals surface area contributed by atoms with Gasteiger partial charge in [0.05, 0.1) is 18.2 Å². The lowest BCUT2D eigenvalue weighted by atomic mass is 9.72. The van der Waals surface area contributed by atoms with Gasteiger partial charge < -0.3 is 10.1 Å². The molecule has 3 nitrogen and oxygen atoms in total. The first kappa shape index (κ1) is 12.1. The van der Waals surface area contributed by atoms with Crippen LogP contribution >= 0.6 is 0 Å². The van der Waals surface area contributed by atoms with Crippen LogP contribution in [-0.4, -0.2) is 23.7 Å². The molecule has 3 heteroatoms. The van der Waals surface area contributed by atoms with Gasteiger partial charge in [0, 0.05) is 18.9 Å². The standard InChI is InChI=1S/C15H22N2O/c1-12-4-2-6-15(10-12)14(17-8-9-18-15)13-5-3-7-16-11-13/h3,5,7,11-12,14,17H,2,4,6,8-10H2,1H3. The Morgan fingerprint density at radius 2 is 2.44 bits per heavy atom. The highest BCUT2D eigenvalue weighted by atomic mass is 16.5. The van der Waals surface area contributed by atoms with Crippen molar-refractivity contribution in [3.05, 3.63) is 30.1 Å². The average molecular weight is 246 g/mol. The minimum Gasteiger partial charge on any atom is -0.372 e. The highest BCUT2D eigenvalue weighted by Gasteiger charge is 2.45. The molecule has 1 spiro atoms. The fraction of sp³-hybridized carbons (Fsp3) is 0.667. The Morgan fingerprint density at radius 3 is 3.22 bits per heavy atom. The maximum atomic E-state index is 6.25. The molecule has 1 aliphatic heterocycles. The lowest BCUT2D eigenvalue weighted by Gasteiger charge is -2.48. The van der Waals surface area contributed by atoms with E-state index in [0.717, 1.165) is 19.1 Å². The van der Waals surface area contributed by atoms with E-state index in [2.05, 4.69) is 23.3 Å². The van der Waals surface area contributed by atoms with Crippen LogP contribution in [0.1, 0.15) is 44.2 Å². The van der Waals surface area contributed by atoms with Crippen LogP contribution in [0.3, 0.4) is 0 Å². The van der Waals surface area contributed by atoms with E-state index < -0.39 is 0 Å². The van der Waals surface area contributed by atoms with Gasteiger partial charge in [-0.15, -0.1) is 0 Å². The monoisotopic (exact) mass is 246 g/mol. The van der Waals surface area contributed by atoms with Gasteiger partial charge in [-0.2, -0.15) is 0 Å². The summed E-state index contributed by atoms with van der Waals surface area (Å²) in [5, 5.41) is 3.65. The van der Waals surface area contributed by atoms with Crippen molar-refractivity contribution in [1.82, 2.24) is 10.3 Å². The fourth-order valence-corrected chi connectivity index (χ4v) is 3.63. The molecule has 1 aliphatic carbocycles. The molecular weight excluding hydrogens is 224 g/mol. The summed E-state index contributed by atoms with van der Waals surface area (Å²) in [4.78, 5) is 4.26. The van der Waals surface area contributed by atoms with Crippen molar-refractivity contribution in [3.8, 4) is 0 Å². The predicted molar refractivity (Wildman–Crippen MR) is 71.3 cm³/mol. The van der Waals surface area contributed by atoms with Crippen molar-refractivity contribution in [2.45, 2.75) is 44.2 Å². The summed E-state index contributed by atoms with van der Waals surface area (Å²) in [6, 6.07) is 4.49. The number of aromatic nitrogens is 1. The van der Waals surface area contributed by atoms with Crippen molar-refractivity contribution in [1.29, 1.82) is 0 Å². The molecule has 0 amide bonds.